The molecule has 0 N–H and O–H groups in total. The molecule has 6 heteroatoms. The van der Waals surface area contributed by atoms with Crippen molar-refractivity contribution in [3.63, 3.8) is 0 Å². The minimum Gasteiger partial charge on any atom is -0.503 e. The van der Waals surface area contributed by atoms with Gasteiger partial charge in [0, 0.05) is 53.7 Å². The van der Waals surface area contributed by atoms with Gasteiger partial charge in [-0.1, -0.05) is 96.0 Å². The van der Waals surface area contributed by atoms with E-state index in [0.29, 0.717) is 28.3 Å². The standard InChI is InChI=1S/C30H19BNO2.C11H8N.Ir/c1-19-17-25(32-18-22(19)20-9-3-2-4-10-20)21-15-16-28-29-30(21)34-27-14-8-6-12-24(27)31(29)23-11-5-7-13-26(23)33-28;1-2-6-10(7-3-1)11-8-4-5-9-12-11;/h2-14,16-18H,1H3;1-6,8-9H;/q2*-1;/i1D3;;. The predicted octanol–water partition coefficient (Wildman–Crippen LogP) is 7.80. The van der Waals surface area contributed by atoms with E-state index in [9.17, 15) is 0 Å². The van der Waals surface area contributed by atoms with E-state index in [0.717, 1.165) is 44.7 Å². The van der Waals surface area contributed by atoms with Gasteiger partial charge in [0.25, 0.3) is 0 Å². The molecule has 47 heavy (non-hydrogen) atoms. The summed E-state index contributed by atoms with van der Waals surface area (Å²) in [4.78, 5) is 8.92. The average molecular weight is 786 g/mol. The Hall–Kier alpha value is -5.29. The Kier molecular flexibility index (Phi) is 7.56. The second kappa shape index (κ2) is 13.2. The molecule has 2 aromatic heterocycles. The molecule has 2 aliphatic rings. The summed E-state index contributed by atoms with van der Waals surface area (Å²) in [5.74, 6) is 2.82. The van der Waals surface area contributed by atoms with Gasteiger partial charge in [-0.2, -0.15) is 0 Å². The zero-order chi connectivity index (χ0) is 33.4. The van der Waals surface area contributed by atoms with E-state index in [2.05, 4.69) is 29.2 Å². The molecule has 4 nitrogen and oxygen atoms in total. The van der Waals surface area contributed by atoms with E-state index in [1.807, 2.05) is 109 Å². The summed E-state index contributed by atoms with van der Waals surface area (Å²) in [6.45, 7) is -2.41. The quantitative estimate of drug-likeness (QED) is 0.136. The normalized spacial score (nSPS) is 12.9. The van der Waals surface area contributed by atoms with E-state index in [4.69, 9.17) is 18.6 Å². The van der Waals surface area contributed by atoms with Crippen LogP contribution in [0, 0.1) is 19.0 Å². The van der Waals surface area contributed by atoms with Gasteiger partial charge in [0.1, 0.15) is 11.5 Å². The van der Waals surface area contributed by atoms with Crippen molar-refractivity contribution in [3.8, 4) is 56.6 Å². The molecule has 4 heterocycles. The molecule has 0 atom stereocenters. The van der Waals surface area contributed by atoms with Gasteiger partial charge in [0.15, 0.2) is 0 Å². The van der Waals surface area contributed by atoms with Crippen LogP contribution in [-0.2, 0) is 20.1 Å². The first-order valence-electron chi connectivity index (χ1n) is 16.5. The van der Waals surface area contributed by atoms with Gasteiger partial charge in [0.2, 0.25) is 6.71 Å². The SMILES string of the molecule is [2H]C([2H])([2H])c1cc(-c2[c-]cc3c4c2Oc2ccccc2B4c2ccccc2O3)ncc1-c1ccccc1.[Ir].[c-]1ccccc1-c1ccccn1. The van der Waals surface area contributed by atoms with Crippen LogP contribution >= 0.6 is 0 Å². The first-order valence-corrected chi connectivity index (χ1v) is 15.0. The zero-order valence-electron chi connectivity index (χ0n) is 28.0. The molecule has 0 amide bonds. The van der Waals surface area contributed by atoms with Crippen molar-refractivity contribution >= 4 is 23.1 Å². The number of aromatic nitrogens is 2. The molecule has 0 saturated carbocycles. The van der Waals surface area contributed by atoms with Crippen molar-refractivity contribution in [1.29, 1.82) is 0 Å². The Morgan fingerprint density at radius 3 is 2.13 bits per heavy atom. The first-order chi connectivity index (χ1) is 24.0. The molecule has 0 unspecified atom stereocenters. The topological polar surface area (TPSA) is 44.2 Å². The minimum absolute atomic E-state index is 0. The molecule has 0 aliphatic carbocycles. The third-order valence-electron chi connectivity index (χ3n) is 8.16. The van der Waals surface area contributed by atoms with Crippen LogP contribution < -0.4 is 25.9 Å². The first kappa shape index (κ1) is 26.9. The van der Waals surface area contributed by atoms with E-state index in [1.165, 1.54) is 0 Å². The second-order valence-corrected chi connectivity index (χ2v) is 11.0. The van der Waals surface area contributed by atoms with Gasteiger partial charge in [-0.25, -0.2) is 0 Å². The molecule has 2 aliphatic heterocycles. The Morgan fingerprint density at radius 1 is 0.681 bits per heavy atom. The van der Waals surface area contributed by atoms with Crippen LogP contribution in [0.15, 0.2) is 146 Å². The summed E-state index contributed by atoms with van der Waals surface area (Å²) in [7, 11) is 0. The maximum absolute atomic E-state index is 8.24. The van der Waals surface area contributed by atoms with Crippen LogP contribution in [0.1, 0.15) is 9.68 Å². The van der Waals surface area contributed by atoms with Crippen LogP contribution in [0.3, 0.4) is 0 Å². The van der Waals surface area contributed by atoms with Gasteiger partial charge in [-0.15, -0.1) is 48.0 Å². The molecule has 0 fully saturated rings. The Bertz CT molecular complexity index is 2240. The maximum atomic E-state index is 8.24. The fourth-order valence-corrected chi connectivity index (χ4v) is 6.03. The monoisotopic (exact) mass is 786 g/mol. The van der Waals surface area contributed by atoms with Crippen molar-refractivity contribution in [2.45, 2.75) is 6.85 Å². The summed E-state index contributed by atoms with van der Waals surface area (Å²) in [6.07, 6.45) is 3.42. The maximum Gasteiger partial charge on any atom is 0.239 e. The van der Waals surface area contributed by atoms with Gasteiger partial charge in [-0.3, -0.25) is 0 Å². The fraction of sp³-hybridized carbons (Fsp3) is 0.0244. The molecule has 0 saturated heterocycles. The van der Waals surface area contributed by atoms with E-state index in [-0.39, 0.29) is 32.4 Å². The molecular formula is C41H27BIrN2O2-2. The van der Waals surface area contributed by atoms with E-state index >= 15 is 0 Å². The predicted molar refractivity (Wildman–Crippen MR) is 185 cm³/mol. The second-order valence-electron chi connectivity index (χ2n) is 11.0. The number of para-hydroxylation sites is 2. The van der Waals surface area contributed by atoms with Crippen LogP contribution in [0.4, 0.5) is 0 Å². The molecule has 0 spiro atoms. The van der Waals surface area contributed by atoms with Crippen molar-refractivity contribution < 1.29 is 33.7 Å². The molecule has 0 bridgehead atoms. The molecule has 227 valence electrons. The molecule has 9 rings (SSSR count). The smallest absolute Gasteiger partial charge is 0.239 e. The van der Waals surface area contributed by atoms with Crippen LogP contribution in [-0.4, -0.2) is 16.7 Å². The van der Waals surface area contributed by atoms with E-state index in [1.54, 1.807) is 24.5 Å². The van der Waals surface area contributed by atoms with Gasteiger partial charge < -0.3 is 19.4 Å². The Labute approximate surface area is 292 Å². The number of rotatable bonds is 3. The Balaban J connectivity index is 0.000000255. The van der Waals surface area contributed by atoms with Gasteiger partial charge >= 0.3 is 0 Å². The van der Waals surface area contributed by atoms with Crippen molar-refractivity contribution in [1.82, 2.24) is 9.97 Å². The number of hydrogen-bond donors (Lipinski definition) is 0. The number of hydrogen-bond acceptors (Lipinski definition) is 4. The molecule has 7 aromatic rings. The number of benzene rings is 5. The fourth-order valence-electron chi connectivity index (χ4n) is 6.03. The average Bonchev–Trinajstić information content (AvgIpc) is 3.15. The molecule has 5 aromatic carbocycles. The van der Waals surface area contributed by atoms with Crippen molar-refractivity contribution in [3.05, 3.63) is 164 Å². The third kappa shape index (κ3) is 5.78. The third-order valence-corrected chi connectivity index (χ3v) is 8.16. The molecular weight excluding hydrogens is 755 g/mol. The number of fused-ring (bicyclic) bond motifs is 4. The van der Waals surface area contributed by atoms with Crippen LogP contribution in [0.25, 0.3) is 33.6 Å². The Morgan fingerprint density at radius 2 is 1.40 bits per heavy atom. The van der Waals surface area contributed by atoms with Crippen LogP contribution in [0.2, 0.25) is 0 Å². The minimum atomic E-state index is -2.33. The summed E-state index contributed by atoms with van der Waals surface area (Å²) >= 11 is 0. The summed E-state index contributed by atoms with van der Waals surface area (Å²) < 4.78 is 37.4. The van der Waals surface area contributed by atoms with E-state index < -0.39 is 6.85 Å². The number of ether oxygens (including phenoxy) is 2. The van der Waals surface area contributed by atoms with Gasteiger partial charge in [-0.05, 0) is 58.5 Å². The van der Waals surface area contributed by atoms with Gasteiger partial charge in [0.05, 0.1) is 0 Å². The number of aryl methyl sites for hydroxylation is 1. The number of nitrogens with zero attached hydrogens (tertiary/aromatic N) is 2. The molecule has 1 radical (unpaired) electrons. The van der Waals surface area contributed by atoms with Crippen molar-refractivity contribution in [2.75, 3.05) is 0 Å². The summed E-state index contributed by atoms with van der Waals surface area (Å²) in [5.41, 5.74) is 7.73. The summed E-state index contributed by atoms with van der Waals surface area (Å²) in [5, 5.41) is 0. The number of pyridine rings is 2. The van der Waals surface area contributed by atoms with Crippen molar-refractivity contribution in [2.24, 2.45) is 0 Å². The summed E-state index contributed by atoms with van der Waals surface area (Å²) in [6, 6.07) is 49.0. The van der Waals surface area contributed by atoms with Crippen LogP contribution in [0.5, 0.6) is 23.0 Å². The zero-order valence-corrected chi connectivity index (χ0v) is 27.4. The largest absolute Gasteiger partial charge is 0.503 e.